The Labute approximate surface area is 348 Å². The number of rotatable bonds is 15. The summed E-state index contributed by atoms with van der Waals surface area (Å²) in [6.07, 6.45) is 5.36. The Morgan fingerprint density at radius 3 is 2.36 bits per heavy atom. The highest BCUT2D eigenvalue weighted by atomic mass is 32.2. The molecule has 13 heteroatoms. The molecule has 2 saturated heterocycles. The number of pyridine rings is 1. The van der Waals surface area contributed by atoms with Crippen LogP contribution in [0.5, 0.6) is 11.5 Å². The van der Waals surface area contributed by atoms with E-state index in [1.165, 1.54) is 0 Å². The van der Waals surface area contributed by atoms with E-state index in [0.29, 0.717) is 55.1 Å². The molecule has 0 spiro atoms. The van der Waals surface area contributed by atoms with Crippen LogP contribution < -0.4 is 14.2 Å². The zero-order valence-corrected chi connectivity index (χ0v) is 35.8. The predicted octanol–water partition coefficient (Wildman–Crippen LogP) is 6.86. The molecule has 7 rings (SSSR count). The molecule has 12 nitrogen and oxygen atoms in total. The molecule has 316 valence electrons. The van der Waals surface area contributed by atoms with Gasteiger partial charge in [-0.25, -0.2) is 13.4 Å². The average Bonchev–Trinajstić information content (AvgIpc) is 4.14. The smallest absolute Gasteiger partial charge is 0.240 e. The van der Waals surface area contributed by atoms with Gasteiger partial charge in [-0.15, -0.1) is 6.58 Å². The van der Waals surface area contributed by atoms with Gasteiger partial charge in [0.2, 0.25) is 27.7 Å². The Morgan fingerprint density at radius 1 is 1.03 bits per heavy atom. The summed E-state index contributed by atoms with van der Waals surface area (Å²) in [5.74, 6) is -1.46. The highest BCUT2D eigenvalue weighted by Crippen LogP contribution is 2.57. The molecule has 3 heterocycles. The number of nitrogens with zero attached hydrogens (tertiary/aromatic N) is 3. The van der Waals surface area contributed by atoms with Gasteiger partial charge in [-0.2, -0.15) is 0 Å². The first kappa shape index (κ1) is 42.3. The minimum Gasteiger partial charge on any atom is -0.497 e. The maximum absolute atomic E-state index is 15.0. The van der Waals surface area contributed by atoms with E-state index in [-0.39, 0.29) is 49.8 Å². The summed E-state index contributed by atoms with van der Waals surface area (Å²) < 4.78 is 40.5. The van der Waals surface area contributed by atoms with Crippen molar-refractivity contribution < 1.29 is 37.1 Å². The van der Waals surface area contributed by atoms with E-state index in [0.717, 1.165) is 30.2 Å². The number of ether oxygens (including phenoxy) is 2. The second kappa shape index (κ2) is 16.3. The van der Waals surface area contributed by atoms with Gasteiger partial charge in [0.25, 0.3) is 0 Å². The van der Waals surface area contributed by atoms with Crippen molar-refractivity contribution in [2.45, 2.75) is 109 Å². The minimum absolute atomic E-state index is 0.00441. The van der Waals surface area contributed by atoms with E-state index in [1.807, 2.05) is 80.3 Å². The summed E-state index contributed by atoms with van der Waals surface area (Å²) in [7, 11) is -2.38. The standard InChI is InChI=1S/C46H58N4O8S/c1-7-31-27-46(31,43(54)48-59(55,56)45(8-2)19-20-45)28-39(51)38-24-33(29-50(38)42(53)35(44(3,4)5)25-41(52)49-21-13-10-14-22-49)58-40-26-36(30-15-11-9-12-16-30)47-37-23-32(57-6)17-18-34(37)40/h7,9,11-12,15-18,23,26,31,33,35,38H,1,8,10,13-14,19-22,24-25,27-29H2,2-6H3,(H,48,54)/t31-,33-,35-,38+,46-/m1/s1. The van der Waals surface area contributed by atoms with Crippen molar-refractivity contribution in [1.29, 1.82) is 0 Å². The van der Waals surface area contributed by atoms with E-state index in [1.54, 1.807) is 25.0 Å². The lowest BCUT2D eigenvalue weighted by Crippen LogP contribution is -2.50. The summed E-state index contributed by atoms with van der Waals surface area (Å²) in [6.45, 7) is 12.9. The number of carbonyl (C=O) groups is 4. The van der Waals surface area contributed by atoms with Gasteiger partial charge in [0.1, 0.15) is 17.6 Å². The minimum atomic E-state index is -3.97. The molecule has 0 bridgehead atoms. The van der Waals surface area contributed by atoms with Crippen molar-refractivity contribution in [2.75, 3.05) is 26.7 Å². The first-order valence-electron chi connectivity index (χ1n) is 21.1. The topological polar surface area (TPSA) is 152 Å². The molecular weight excluding hydrogens is 769 g/mol. The third kappa shape index (κ3) is 8.49. The number of likely N-dealkylation sites (tertiary alicyclic amines) is 2. The Morgan fingerprint density at radius 2 is 1.75 bits per heavy atom. The summed E-state index contributed by atoms with van der Waals surface area (Å²) in [5.41, 5.74) is 0.265. The Hall–Kier alpha value is -4.78. The molecule has 59 heavy (non-hydrogen) atoms. The van der Waals surface area contributed by atoms with Crippen molar-refractivity contribution in [1.82, 2.24) is 19.5 Å². The lowest BCUT2D eigenvalue weighted by atomic mass is 9.77. The third-order valence-corrected chi connectivity index (χ3v) is 15.6. The summed E-state index contributed by atoms with van der Waals surface area (Å²) in [4.78, 5) is 65.7. The second-order valence-corrected chi connectivity index (χ2v) is 20.2. The molecule has 3 amide bonds. The van der Waals surface area contributed by atoms with Gasteiger partial charge in [0, 0.05) is 55.4 Å². The first-order chi connectivity index (χ1) is 28.0. The van der Waals surface area contributed by atoms with Crippen LogP contribution in [0.15, 0.2) is 67.3 Å². The fourth-order valence-electron chi connectivity index (χ4n) is 9.08. The number of aromatic nitrogens is 1. The molecule has 0 radical (unpaired) electrons. The Balaban J connectivity index is 1.21. The van der Waals surface area contributed by atoms with Crippen molar-refractivity contribution in [2.24, 2.45) is 22.7 Å². The summed E-state index contributed by atoms with van der Waals surface area (Å²) >= 11 is 0. The van der Waals surface area contributed by atoms with Gasteiger partial charge in [0.15, 0.2) is 5.78 Å². The number of carbonyl (C=O) groups excluding carboxylic acids is 4. The normalized spacial score (nSPS) is 24.3. The first-order valence-corrected chi connectivity index (χ1v) is 22.5. The van der Waals surface area contributed by atoms with E-state index < -0.39 is 55.5 Å². The van der Waals surface area contributed by atoms with Gasteiger partial charge in [-0.05, 0) is 68.4 Å². The van der Waals surface area contributed by atoms with Gasteiger partial charge >= 0.3 is 0 Å². The van der Waals surface area contributed by atoms with Gasteiger partial charge in [-0.3, -0.25) is 23.9 Å². The van der Waals surface area contributed by atoms with Crippen LogP contribution in [-0.2, 0) is 29.2 Å². The van der Waals surface area contributed by atoms with Crippen molar-refractivity contribution in [3.05, 3.63) is 67.3 Å². The molecule has 0 unspecified atom stereocenters. The Bertz CT molecular complexity index is 2230. The number of allylic oxidation sites excluding steroid dienone is 1. The number of nitrogens with one attached hydrogen (secondary N) is 1. The van der Waals surface area contributed by atoms with Crippen LogP contribution in [0.4, 0.5) is 0 Å². The third-order valence-electron chi connectivity index (χ3n) is 13.3. The lowest BCUT2D eigenvalue weighted by molar-refractivity contribution is -0.148. The van der Waals surface area contributed by atoms with Crippen LogP contribution in [0.3, 0.4) is 0 Å². The fraction of sp³-hybridized carbons (Fsp3) is 0.543. The average molecular weight is 827 g/mol. The van der Waals surface area contributed by atoms with Crippen molar-refractivity contribution in [3.63, 3.8) is 0 Å². The monoisotopic (exact) mass is 826 g/mol. The number of ketones is 1. The number of methoxy groups -OCH3 is 1. The number of hydrogen-bond donors (Lipinski definition) is 1. The van der Waals surface area contributed by atoms with Crippen molar-refractivity contribution in [3.8, 4) is 22.8 Å². The molecule has 2 aliphatic carbocycles. The van der Waals surface area contributed by atoms with E-state index in [2.05, 4.69) is 11.3 Å². The number of benzene rings is 2. The highest BCUT2D eigenvalue weighted by molar-refractivity contribution is 7.91. The fourth-order valence-corrected chi connectivity index (χ4v) is 10.8. The maximum atomic E-state index is 15.0. The molecular formula is C46H58N4O8S. The number of amides is 3. The van der Waals surface area contributed by atoms with Crippen LogP contribution in [0.25, 0.3) is 22.2 Å². The van der Waals surface area contributed by atoms with Crippen LogP contribution in [-0.4, -0.2) is 90.3 Å². The van der Waals surface area contributed by atoms with Crippen molar-refractivity contribution >= 4 is 44.4 Å². The highest BCUT2D eigenvalue weighted by Gasteiger charge is 2.63. The molecule has 3 aromatic rings. The lowest BCUT2D eigenvalue weighted by Gasteiger charge is -2.36. The van der Waals surface area contributed by atoms with Gasteiger partial charge in [-0.1, -0.05) is 64.1 Å². The van der Waals surface area contributed by atoms with E-state index in [4.69, 9.17) is 14.5 Å². The number of hydrogen-bond acceptors (Lipinski definition) is 9. The van der Waals surface area contributed by atoms with Gasteiger partial charge < -0.3 is 19.3 Å². The second-order valence-electron chi connectivity index (χ2n) is 18.1. The molecule has 4 aliphatic rings. The molecule has 2 aromatic carbocycles. The zero-order chi connectivity index (χ0) is 42.3. The number of piperidine rings is 1. The van der Waals surface area contributed by atoms with Crippen LogP contribution in [0, 0.1) is 22.7 Å². The Kier molecular flexibility index (Phi) is 11.7. The molecule has 2 saturated carbocycles. The number of sulfonamides is 1. The van der Waals surface area contributed by atoms with E-state index in [9.17, 15) is 27.6 Å². The molecule has 4 fully saturated rings. The molecule has 2 aliphatic heterocycles. The van der Waals surface area contributed by atoms with Crippen LogP contribution in [0.1, 0.15) is 91.9 Å². The van der Waals surface area contributed by atoms with Crippen LogP contribution >= 0.6 is 0 Å². The van der Waals surface area contributed by atoms with Gasteiger partial charge in [0.05, 0.1) is 47.0 Å². The summed E-state index contributed by atoms with van der Waals surface area (Å²) in [5, 5.41) is 0.724. The molecule has 1 N–H and O–H groups in total. The predicted molar refractivity (Wildman–Crippen MR) is 226 cm³/mol. The molecule has 1 aromatic heterocycles. The SMILES string of the molecule is C=C[C@@H]1C[C@]1(CC(=O)[C@@H]1C[C@@H](Oc2cc(-c3ccccc3)nc3cc(OC)ccc23)CN1C(=O)[C@@H](CC(=O)N1CCCCC1)C(C)(C)C)C(=O)NS(=O)(=O)C1(CC)CC1. The zero-order valence-electron chi connectivity index (χ0n) is 35.0. The summed E-state index contributed by atoms with van der Waals surface area (Å²) in [6, 6.07) is 16.1. The van der Waals surface area contributed by atoms with Crippen LogP contribution in [0.2, 0.25) is 0 Å². The maximum Gasteiger partial charge on any atom is 0.240 e. The molecule has 5 atom stereocenters. The largest absolute Gasteiger partial charge is 0.497 e. The van der Waals surface area contributed by atoms with E-state index >= 15 is 0 Å². The quantitative estimate of drug-likeness (QED) is 0.162. The number of Topliss-reactive ketones (excluding diaryl/α,β-unsaturated/α-hetero) is 1. The number of fused-ring (bicyclic) bond motifs is 1.